The molecule has 14 heavy (non-hydrogen) atoms. The van der Waals surface area contributed by atoms with Gasteiger partial charge in [0, 0.05) is 17.4 Å². The number of aldehydes is 1. The summed E-state index contributed by atoms with van der Waals surface area (Å²) in [4.78, 5) is 10.3. The van der Waals surface area contributed by atoms with E-state index < -0.39 is 0 Å². The lowest BCUT2D eigenvalue weighted by atomic mass is 10.1. The maximum absolute atomic E-state index is 10.3. The minimum atomic E-state index is -0.0485. The van der Waals surface area contributed by atoms with E-state index >= 15 is 0 Å². The Balaban J connectivity index is 2.73. The molecule has 0 aliphatic heterocycles. The monoisotopic (exact) mass is 210 g/mol. The van der Waals surface area contributed by atoms with Crippen LogP contribution >= 0.6 is 11.6 Å². The minimum absolute atomic E-state index is 0.0485. The third kappa shape index (κ3) is 1.26. The van der Waals surface area contributed by atoms with Crippen molar-refractivity contribution >= 4 is 28.9 Å². The van der Waals surface area contributed by atoms with E-state index in [2.05, 4.69) is 0 Å². The molecule has 3 nitrogen and oxygen atoms in total. The zero-order chi connectivity index (χ0) is 10.1. The average Bonchev–Trinajstić information content (AvgIpc) is 2.62. The summed E-state index contributed by atoms with van der Waals surface area (Å²) in [6.07, 6.45) is 2.32. The molecule has 1 N–H and O–H groups in total. The van der Waals surface area contributed by atoms with Crippen LogP contribution in [0.2, 0.25) is 5.02 Å². The van der Waals surface area contributed by atoms with Gasteiger partial charge in [-0.05, 0) is 12.1 Å². The molecule has 1 aromatic carbocycles. The molecular weight excluding hydrogens is 204 g/mol. The molecule has 0 amide bonds. The quantitative estimate of drug-likeness (QED) is 0.775. The van der Waals surface area contributed by atoms with Crippen LogP contribution in [0.15, 0.2) is 22.8 Å². The highest BCUT2D eigenvalue weighted by Gasteiger charge is 2.12. The van der Waals surface area contributed by atoms with Gasteiger partial charge in [-0.3, -0.25) is 0 Å². The number of fused-ring (bicyclic) bond motifs is 1. The third-order valence-corrected chi connectivity index (χ3v) is 2.43. The molecule has 0 aliphatic rings. The molecule has 0 spiro atoms. The van der Waals surface area contributed by atoms with Gasteiger partial charge in [0.25, 0.3) is 0 Å². The van der Waals surface area contributed by atoms with Crippen molar-refractivity contribution < 1.29 is 14.3 Å². The highest BCUT2D eigenvalue weighted by atomic mass is 35.5. The van der Waals surface area contributed by atoms with Gasteiger partial charge in [-0.1, -0.05) is 11.6 Å². The van der Waals surface area contributed by atoms with Crippen molar-refractivity contribution in [3.63, 3.8) is 0 Å². The Morgan fingerprint density at radius 2 is 2.36 bits per heavy atom. The molecule has 4 heteroatoms. The molecule has 2 rings (SSSR count). The van der Waals surface area contributed by atoms with Crippen LogP contribution in [0.25, 0.3) is 11.0 Å². The summed E-state index contributed by atoms with van der Waals surface area (Å²) in [7, 11) is 0. The van der Waals surface area contributed by atoms with Crippen molar-refractivity contribution in [1.82, 2.24) is 0 Å². The fraction of sp³-hybridized carbons (Fsp3) is 0.100. The summed E-state index contributed by atoms with van der Waals surface area (Å²) in [5.74, 6) is -0.0485. The molecular formula is C10H7ClO3. The van der Waals surface area contributed by atoms with Crippen LogP contribution in [0.3, 0.4) is 0 Å². The molecule has 72 valence electrons. The van der Waals surface area contributed by atoms with E-state index in [-0.39, 0.29) is 17.2 Å². The topological polar surface area (TPSA) is 50.4 Å². The zero-order valence-electron chi connectivity index (χ0n) is 7.16. The lowest BCUT2D eigenvalue weighted by molar-refractivity contribution is -0.107. The van der Waals surface area contributed by atoms with Crippen LogP contribution in [0.1, 0.15) is 5.56 Å². The number of phenolic OH excluding ortho intramolecular Hbond substituents is 1. The van der Waals surface area contributed by atoms with Gasteiger partial charge < -0.3 is 14.3 Å². The Morgan fingerprint density at radius 1 is 1.57 bits per heavy atom. The largest absolute Gasteiger partial charge is 0.506 e. The third-order valence-electron chi connectivity index (χ3n) is 2.05. The van der Waals surface area contributed by atoms with E-state index in [4.69, 9.17) is 16.0 Å². The first-order valence-electron chi connectivity index (χ1n) is 4.05. The second-order valence-electron chi connectivity index (χ2n) is 2.90. The van der Waals surface area contributed by atoms with Crippen molar-refractivity contribution in [1.29, 1.82) is 0 Å². The standard InChI is InChI=1S/C10H7ClO3/c11-9-7-2-4-14-8(7)5-6(1-3-12)10(9)13/h2-5,13H,1H2. The number of phenols is 1. The number of hydrogen-bond donors (Lipinski definition) is 1. The maximum atomic E-state index is 10.3. The number of rotatable bonds is 2. The second kappa shape index (κ2) is 3.35. The fourth-order valence-electron chi connectivity index (χ4n) is 1.35. The molecule has 0 bridgehead atoms. The molecule has 1 heterocycles. The molecule has 0 radical (unpaired) electrons. The van der Waals surface area contributed by atoms with Gasteiger partial charge in [-0.25, -0.2) is 0 Å². The number of aromatic hydroxyl groups is 1. The Morgan fingerprint density at radius 3 is 3.07 bits per heavy atom. The molecule has 0 saturated heterocycles. The van der Waals surface area contributed by atoms with Crippen molar-refractivity contribution in [3.8, 4) is 5.75 Å². The van der Waals surface area contributed by atoms with Crippen LogP contribution in [0, 0.1) is 0 Å². The highest BCUT2D eigenvalue weighted by Crippen LogP contribution is 2.35. The van der Waals surface area contributed by atoms with Crippen LogP contribution in [0.4, 0.5) is 0 Å². The van der Waals surface area contributed by atoms with Crippen LogP contribution < -0.4 is 0 Å². The van der Waals surface area contributed by atoms with Gasteiger partial charge in [0.1, 0.15) is 17.6 Å². The van der Waals surface area contributed by atoms with Crippen molar-refractivity contribution in [2.75, 3.05) is 0 Å². The van der Waals surface area contributed by atoms with E-state index in [9.17, 15) is 9.90 Å². The first-order valence-corrected chi connectivity index (χ1v) is 4.43. The summed E-state index contributed by atoms with van der Waals surface area (Å²) in [5.41, 5.74) is 1.05. The Hall–Kier alpha value is -1.48. The SMILES string of the molecule is O=CCc1cc2occc2c(Cl)c1O. The first kappa shape index (κ1) is 9.09. The van der Waals surface area contributed by atoms with Gasteiger partial charge in [-0.2, -0.15) is 0 Å². The fourth-order valence-corrected chi connectivity index (χ4v) is 1.63. The maximum Gasteiger partial charge on any atom is 0.138 e. The van der Waals surface area contributed by atoms with Crippen molar-refractivity contribution in [2.45, 2.75) is 6.42 Å². The van der Waals surface area contributed by atoms with Gasteiger partial charge in [0.05, 0.1) is 11.3 Å². The normalized spacial score (nSPS) is 10.6. The second-order valence-corrected chi connectivity index (χ2v) is 3.28. The number of hydrogen-bond acceptors (Lipinski definition) is 3. The van der Waals surface area contributed by atoms with Crippen LogP contribution in [0.5, 0.6) is 5.75 Å². The lowest BCUT2D eigenvalue weighted by Crippen LogP contribution is -1.87. The van der Waals surface area contributed by atoms with Gasteiger partial charge in [0.2, 0.25) is 0 Å². The zero-order valence-corrected chi connectivity index (χ0v) is 7.91. The summed E-state index contributed by atoms with van der Waals surface area (Å²) >= 11 is 5.88. The molecule has 0 atom stereocenters. The predicted molar refractivity (Wildman–Crippen MR) is 52.7 cm³/mol. The Kier molecular flexibility index (Phi) is 2.17. The minimum Gasteiger partial charge on any atom is -0.506 e. The van der Waals surface area contributed by atoms with E-state index in [0.717, 1.165) is 0 Å². The van der Waals surface area contributed by atoms with Crippen molar-refractivity contribution in [3.05, 3.63) is 29.0 Å². The molecule has 1 aromatic heterocycles. The average molecular weight is 211 g/mol. The van der Waals surface area contributed by atoms with Gasteiger partial charge >= 0.3 is 0 Å². The van der Waals surface area contributed by atoms with Crippen LogP contribution in [-0.2, 0) is 11.2 Å². The number of halogens is 1. The van der Waals surface area contributed by atoms with E-state index in [0.29, 0.717) is 22.8 Å². The Labute approximate surface area is 84.9 Å². The summed E-state index contributed by atoms with van der Waals surface area (Å²) < 4.78 is 5.13. The number of carbonyl (C=O) groups is 1. The molecule has 0 saturated carbocycles. The molecule has 0 fully saturated rings. The summed E-state index contributed by atoms with van der Waals surface area (Å²) in [6.45, 7) is 0. The number of carbonyl (C=O) groups excluding carboxylic acids is 1. The summed E-state index contributed by atoms with van der Waals surface area (Å²) in [6, 6.07) is 3.28. The molecule has 0 aliphatic carbocycles. The van der Waals surface area contributed by atoms with E-state index in [1.807, 2.05) is 0 Å². The number of furan rings is 1. The summed E-state index contributed by atoms with van der Waals surface area (Å²) in [5, 5.41) is 10.5. The van der Waals surface area contributed by atoms with E-state index in [1.54, 1.807) is 12.1 Å². The lowest BCUT2D eigenvalue weighted by Gasteiger charge is -2.03. The van der Waals surface area contributed by atoms with Gasteiger partial charge in [0.15, 0.2) is 0 Å². The van der Waals surface area contributed by atoms with Crippen LogP contribution in [-0.4, -0.2) is 11.4 Å². The van der Waals surface area contributed by atoms with Gasteiger partial charge in [-0.15, -0.1) is 0 Å². The highest BCUT2D eigenvalue weighted by molar-refractivity contribution is 6.37. The Bertz CT molecular complexity index is 487. The smallest absolute Gasteiger partial charge is 0.138 e. The molecule has 0 unspecified atom stereocenters. The first-order chi connectivity index (χ1) is 6.74. The van der Waals surface area contributed by atoms with Crippen molar-refractivity contribution in [2.24, 2.45) is 0 Å². The predicted octanol–water partition coefficient (Wildman–Crippen LogP) is 2.53. The number of benzene rings is 1. The van der Waals surface area contributed by atoms with E-state index in [1.165, 1.54) is 6.26 Å². The molecule has 2 aromatic rings.